The van der Waals surface area contributed by atoms with Crippen LogP contribution in [-0.4, -0.2) is 69.4 Å². The van der Waals surface area contributed by atoms with Crippen molar-refractivity contribution in [2.24, 2.45) is 11.8 Å². The Bertz CT molecular complexity index is 1250. The van der Waals surface area contributed by atoms with Crippen molar-refractivity contribution in [2.45, 2.75) is 69.9 Å². The van der Waals surface area contributed by atoms with Gasteiger partial charge in [-0.25, -0.2) is 0 Å². The molecule has 2 aliphatic heterocycles. The number of aryl methyl sites for hydroxylation is 1. The third-order valence-corrected chi connectivity index (χ3v) is 9.83. The largest absolute Gasteiger partial charge is 0.480 e. The molecule has 3 aromatic rings. The second-order valence-electron chi connectivity index (χ2n) is 12.4. The summed E-state index contributed by atoms with van der Waals surface area (Å²) in [5.74, 6) is 0.492. The first-order valence-electron chi connectivity index (χ1n) is 15.4. The van der Waals surface area contributed by atoms with Crippen LogP contribution >= 0.6 is 0 Å². The average molecular weight is 541 g/mol. The summed E-state index contributed by atoms with van der Waals surface area (Å²) in [4.78, 5) is 17.5. The lowest BCUT2D eigenvalue weighted by Crippen LogP contribution is -2.46. The molecule has 6 nitrogen and oxygen atoms in total. The van der Waals surface area contributed by atoms with Gasteiger partial charge >= 0.3 is 5.97 Å². The highest BCUT2D eigenvalue weighted by Crippen LogP contribution is 2.39. The van der Waals surface area contributed by atoms with Crippen LogP contribution in [0.2, 0.25) is 0 Å². The molecule has 1 aromatic heterocycles. The second kappa shape index (κ2) is 12.3. The topological polar surface area (TPSA) is 61.6 Å². The summed E-state index contributed by atoms with van der Waals surface area (Å²) < 4.78 is 2.26. The third kappa shape index (κ3) is 5.89. The summed E-state index contributed by atoms with van der Waals surface area (Å²) in [5, 5.41) is 15.3. The van der Waals surface area contributed by atoms with Crippen molar-refractivity contribution < 1.29 is 9.90 Å². The molecule has 0 amide bonds. The number of carboxylic acid groups (broad SMARTS) is 1. The van der Waals surface area contributed by atoms with Gasteiger partial charge in [0.1, 0.15) is 6.04 Å². The first-order valence-corrected chi connectivity index (χ1v) is 15.4. The molecule has 6 heteroatoms. The van der Waals surface area contributed by atoms with Crippen molar-refractivity contribution in [3.05, 3.63) is 78.0 Å². The number of piperidine rings is 1. The highest BCUT2D eigenvalue weighted by Gasteiger charge is 2.43. The van der Waals surface area contributed by atoms with Gasteiger partial charge in [0.15, 0.2) is 0 Å². The summed E-state index contributed by atoms with van der Waals surface area (Å²) in [6.45, 7) is 7.07. The highest BCUT2D eigenvalue weighted by molar-refractivity contribution is 5.74. The summed E-state index contributed by atoms with van der Waals surface area (Å²) in [6, 6.07) is 23.6. The Labute approximate surface area is 239 Å². The van der Waals surface area contributed by atoms with E-state index in [4.69, 9.17) is 5.10 Å². The van der Waals surface area contributed by atoms with Crippen molar-refractivity contribution in [1.29, 1.82) is 0 Å². The minimum atomic E-state index is -0.621. The Morgan fingerprint density at radius 2 is 1.60 bits per heavy atom. The van der Waals surface area contributed by atoms with Gasteiger partial charge in [0.05, 0.1) is 11.7 Å². The van der Waals surface area contributed by atoms with Crippen molar-refractivity contribution in [3.63, 3.8) is 0 Å². The zero-order valence-electron chi connectivity index (χ0n) is 23.9. The Balaban J connectivity index is 1.13. The first kappa shape index (κ1) is 27.2. The molecule has 3 heterocycles. The van der Waals surface area contributed by atoms with Gasteiger partial charge in [-0.05, 0) is 56.1 Å². The smallest absolute Gasteiger partial charge is 0.321 e. The van der Waals surface area contributed by atoms with Crippen LogP contribution in [0.3, 0.4) is 0 Å². The van der Waals surface area contributed by atoms with Crippen LogP contribution in [0.25, 0.3) is 11.3 Å². The van der Waals surface area contributed by atoms with Crippen LogP contribution in [0, 0.1) is 18.8 Å². The second-order valence-corrected chi connectivity index (χ2v) is 12.4. The van der Waals surface area contributed by atoms with Gasteiger partial charge in [-0.15, -0.1) is 0 Å². The molecule has 3 fully saturated rings. The van der Waals surface area contributed by atoms with Gasteiger partial charge in [0, 0.05) is 49.9 Å². The molecule has 40 heavy (non-hydrogen) atoms. The van der Waals surface area contributed by atoms with Crippen molar-refractivity contribution >= 4 is 5.97 Å². The number of carbonyl (C=O) groups is 1. The van der Waals surface area contributed by atoms with Crippen molar-refractivity contribution in [1.82, 2.24) is 19.6 Å². The number of hydrogen-bond acceptors (Lipinski definition) is 4. The molecule has 1 N–H and O–H groups in total. The minimum Gasteiger partial charge on any atom is -0.480 e. The van der Waals surface area contributed by atoms with E-state index < -0.39 is 5.97 Å². The highest BCUT2D eigenvalue weighted by atomic mass is 16.4. The third-order valence-electron chi connectivity index (χ3n) is 9.83. The fraction of sp³-hybridized carbons (Fsp3) is 0.529. The lowest BCUT2D eigenvalue weighted by Gasteiger charge is -2.35. The molecule has 6 rings (SSSR count). The zero-order valence-corrected chi connectivity index (χ0v) is 23.9. The van der Waals surface area contributed by atoms with Crippen LogP contribution in [0.15, 0.2) is 66.7 Å². The summed E-state index contributed by atoms with van der Waals surface area (Å²) in [5.41, 5.74) is 4.82. The fourth-order valence-corrected chi connectivity index (χ4v) is 7.79. The zero-order chi connectivity index (χ0) is 27.5. The van der Waals surface area contributed by atoms with E-state index >= 15 is 0 Å². The maximum Gasteiger partial charge on any atom is 0.321 e. The molecular weight excluding hydrogens is 496 g/mol. The van der Waals surface area contributed by atoms with Gasteiger partial charge in [-0.1, -0.05) is 79.9 Å². The first-order chi connectivity index (χ1) is 19.6. The Morgan fingerprint density at radius 1 is 0.925 bits per heavy atom. The molecule has 0 spiro atoms. The van der Waals surface area contributed by atoms with Crippen LogP contribution in [-0.2, 0) is 4.79 Å². The summed E-state index contributed by atoms with van der Waals surface area (Å²) in [6.07, 6.45) is 7.91. The van der Waals surface area contributed by atoms with Gasteiger partial charge < -0.3 is 10.0 Å². The molecule has 2 aromatic carbocycles. The average Bonchev–Trinajstić information content (AvgIpc) is 3.58. The Hall–Kier alpha value is -2.96. The van der Waals surface area contributed by atoms with Gasteiger partial charge in [0.25, 0.3) is 0 Å². The SMILES string of the molecule is Cc1cc(-c2ccccc2)nn1C1CCN(C[C@H]2CN([C@@H](C(=O)O)C3CCCCC3)CC2c2ccccc2)CC1. The molecule has 0 bridgehead atoms. The number of carboxylic acids is 1. The number of likely N-dealkylation sites (tertiary alicyclic amines) is 2. The normalized spacial score (nSPS) is 24.3. The molecule has 1 unspecified atom stereocenters. The van der Waals surface area contributed by atoms with Crippen molar-refractivity contribution in [2.75, 3.05) is 32.7 Å². The van der Waals surface area contributed by atoms with Crippen LogP contribution < -0.4 is 0 Å². The quantitative estimate of drug-likeness (QED) is 0.366. The van der Waals surface area contributed by atoms with E-state index in [0.717, 1.165) is 64.1 Å². The standard InChI is InChI=1S/C34H44N4O2/c1-25-21-32(27-13-7-3-8-14-27)35-38(25)30-17-19-36(20-18-30)22-29-23-37(24-31(29)26-11-5-2-6-12-26)33(34(39)40)28-15-9-4-10-16-28/h2-3,5-8,11-14,21,28-31,33H,4,9-10,15-20,22-24H2,1H3,(H,39,40)/t29-,31?,33+/m0/s1. The maximum absolute atomic E-state index is 12.6. The van der Waals surface area contributed by atoms with E-state index in [1.807, 2.05) is 6.07 Å². The van der Waals surface area contributed by atoms with E-state index in [2.05, 4.69) is 82.1 Å². The molecule has 1 aliphatic carbocycles. The number of rotatable bonds is 8. The van der Waals surface area contributed by atoms with E-state index in [1.54, 1.807) is 0 Å². The summed E-state index contributed by atoms with van der Waals surface area (Å²) in [7, 11) is 0. The predicted molar refractivity (Wildman–Crippen MR) is 159 cm³/mol. The number of hydrogen-bond donors (Lipinski definition) is 1. The molecule has 0 radical (unpaired) electrons. The lowest BCUT2D eigenvalue weighted by molar-refractivity contribution is -0.145. The minimum absolute atomic E-state index is 0.287. The lowest BCUT2D eigenvalue weighted by atomic mass is 9.83. The number of benzene rings is 2. The van der Waals surface area contributed by atoms with Gasteiger partial charge in [0.2, 0.25) is 0 Å². The van der Waals surface area contributed by atoms with Crippen molar-refractivity contribution in [3.8, 4) is 11.3 Å². The molecule has 212 valence electrons. The molecule has 1 saturated carbocycles. The van der Waals surface area contributed by atoms with E-state index in [1.165, 1.54) is 36.1 Å². The van der Waals surface area contributed by atoms with E-state index in [-0.39, 0.29) is 12.0 Å². The number of aromatic nitrogens is 2. The molecular formula is C34H44N4O2. The number of nitrogens with zero attached hydrogens (tertiary/aromatic N) is 4. The summed E-state index contributed by atoms with van der Waals surface area (Å²) >= 11 is 0. The predicted octanol–water partition coefficient (Wildman–Crippen LogP) is 6.24. The molecule has 3 atom stereocenters. The molecule has 2 saturated heterocycles. The maximum atomic E-state index is 12.6. The van der Waals surface area contributed by atoms with E-state index in [0.29, 0.717) is 17.9 Å². The Kier molecular flexibility index (Phi) is 8.35. The fourth-order valence-electron chi connectivity index (χ4n) is 7.79. The Morgan fingerprint density at radius 3 is 2.27 bits per heavy atom. The van der Waals surface area contributed by atoms with Crippen LogP contribution in [0.4, 0.5) is 0 Å². The van der Waals surface area contributed by atoms with Crippen LogP contribution in [0.1, 0.15) is 68.2 Å². The van der Waals surface area contributed by atoms with Gasteiger partial charge in [-0.2, -0.15) is 5.10 Å². The number of aliphatic carboxylic acids is 1. The molecule has 3 aliphatic rings. The monoisotopic (exact) mass is 540 g/mol. The van der Waals surface area contributed by atoms with Gasteiger partial charge in [-0.3, -0.25) is 14.4 Å². The van der Waals surface area contributed by atoms with E-state index in [9.17, 15) is 9.90 Å². The van der Waals surface area contributed by atoms with Crippen LogP contribution in [0.5, 0.6) is 0 Å².